The number of nitrogens with zero attached hydrogens (tertiary/aromatic N) is 4. The van der Waals surface area contributed by atoms with Crippen LogP contribution in [0.25, 0.3) is 0 Å². The highest BCUT2D eigenvalue weighted by atomic mass is 15.3. The van der Waals surface area contributed by atoms with Crippen LogP contribution in [0.1, 0.15) is 35.7 Å². The highest BCUT2D eigenvalue weighted by Crippen LogP contribution is 2.68. The third kappa shape index (κ3) is 1.00. The van der Waals surface area contributed by atoms with E-state index in [4.69, 9.17) is 0 Å². The molecule has 4 aliphatic rings. The minimum Gasteiger partial charge on any atom is -0.274 e. The van der Waals surface area contributed by atoms with Gasteiger partial charge in [-0.2, -0.15) is 10.2 Å². The molecule has 3 unspecified atom stereocenters. The number of aromatic nitrogens is 2. The molecule has 1 aromatic rings. The van der Waals surface area contributed by atoms with Crippen LogP contribution in [0.15, 0.2) is 15.2 Å². The summed E-state index contributed by atoms with van der Waals surface area (Å²) in [5.74, 6) is 4.35. The fourth-order valence-electron chi connectivity index (χ4n) is 3.81. The summed E-state index contributed by atoms with van der Waals surface area (Å²) in [4.78, 5) is 4.27. The Morgan fingerprint density at radius 3 is 2.94 bits per heavy atom. The first kappa shape index (κ1) is 8.55. The van der Waals surface area contributed by atoms with E-state index >= 15 is 0 Å². The summed E-state index contributed by atoms with van der Waals surface area (Å²) >= 11 is 0. The monoisotopic (exact) mass is 227 g/mol. The summed E-state index contributed by atoms with van der Waals surface area (Å²) in [5.41, 5.74) is 3.71. The van der Waals surface area contributed by atoms with Crippen molar-refractivity contribution in [1.82, 2.24) is 10.2 Å². The number of fused-ring (bicyclic) bond motifs is 3. The molecule has 2 saturated carbocycles. The highest BCUT2D eigenvalue weighted by Gasteiger charge is 2.62. The molecule has 0 aromatic carbocycles. The summed E-state index contributed by atoms with van der Waals surface area (Å²) in [6.45, 7) is 0.473. The van der Waals surface area contributed by atoms with Gasteiger partial charge in [0.2, 0.25) is 0 Å². The molecular weight excluding hydrogens is 214 g/mol. The van der Waals surface area contributed by atoms with Crippen LogP contribution in [-0.2, 0) is 6.42 Å². The molecule has 17 heavy (non-hydrogen) atoms. The van der Waals surface area contributed by atoms with Crippen LogP contribution in [0.4, 0.5) is 0 Å². The zero-order valence-electron chi connectivity index (χ0n) is 9.43. The summed E-state index contributed by atoms with van der Waals surface area (Å²) in [6.07, 6.45) is 4.08. The maximum Gasteiger partial charge on any atom is 0.197 e. The van der Waals surface area contributed by atoms with Crippen LogP contribution in [0.3, 0.4) is 0 Å². The van der Waals surface area contributed by atoms with Gasteiger partial charge in [0.25, 0.3) is 0 Å². The van der Waals surface area contributed by atoms with Crippen molar-refractivity contribution in [3.05, 3.63) is 17.0 Å². The molecule has 0 saturated heterocycles. The van der Waals surface area contributed by atoms with Crippen molar-refractivity contribution in [3.8, 4) is 0 Å². The average Bonchev–Trinajstić information content (AvgIpc) is 3.08. The van der Waals surface area contributed by atoms with Crippen molar-refractivity contribution >= 4 is 5.84 Å². The molecule has 1 aromatic heterocycles. The predicted octanol–water partition coefficient (Wildman–Crippen LogP) is 1.88. The number of hydrogen-bond acceptors (Lipinski definition) is 4. The number of azo groups is 1. The van der Waals surface area contributed by atoms with Gasteiger partial charge < -0.3 is 0 Å². The Morgan fingerprint density at radius 1 is 1.24 bits per heavy atom. The number of amidine groups is 1. The van der Waals surface area contributed by atoms with E-state index in [1.54, 1.807) is 0 Å². The van der Waals surface area contributed by atoms with E-state index in [-0.39, 0.29) is 0 Å². The fourth-order valence-corrected chi connectivity index (χ4v) is 3.81. The SMILES string of the molecule is C1N=NC(c2[nH]nc3c2CC2C3C2C2CC2)=N1. The lowest BCUT2D eigenvalue weighted by Gasteiger charge is -2.01. The Morgan fingerprint density at radius 2 is 2.18 bits per heavy atom. The van der Waals surface area contributed by atoms with Gasteiger partial charge in [0.05, 0.1) is 5.69 Å². The zero-order chi connectivity index (χ0) is 11.0. The molecule has 0 bridgehead atoms. The van der Waals surface area contributed by atoms with E-state index in [1.807, 2.05) is 0 Å². The smallest absolute Gasteiger partial charge is 0.197 e. The first-order valence-electron chi connectivity index (χ1n) is 6.43. The Labute approximate surface area is 98.4 Å². The molecule has 5 nitrogen and oxygen atoms in total. The van der Waals surface area contributed by atoms with Gasteiger partial charge in [0, 0.05) is 11.5 Å². The normalized spacial score (nSPS) is 36.9. The summed E-state index contributed by atoms with van der Waals surface area (Å²) in [6, 6.07) is 0. The van der Waals surface area contributed by atoms with Crippen molar-refractivity contribution in [2.75, 3.05) is 6.67 Å². The third-order valence-electron chi connectivity index (χ3n) is 4.72. The summed E-state index contributed by atoms with van der Waals surface area (Å²) in [5, 5.41) is 15.6. The number of nitrogens with one attached hydrogen (secondary N) is 1. The largest absolute Gasteiger partial charge is 0.274 e. The molecule has 3 atom stereocenters. The lowest BCUT2D eigenvalue weighted by molar-refractivity contribution is 0.613. The first-order chi connectivity index (χ1) is 8.43. The number of aromatic amines is 1. The number of rotatable bonds is 2. The lowest BCUT2D eigenvalue weighted by Crippen LogP contribution is -2.01. The maximum atomic E-state index is 4.52. The van der Waals surface area contributed by atoms with Crippen molar-refractivity contribution in [2.24, 2.45) is 33.0 Å². The van der Waals surface area contributed by atoms with Crippen LogP contribution in [-0.4, -0.2) is 22.7 Å². The summed E-state index contributed by atoms with van der Waals surface area (Å²) in [7, 11) is 0. The van der Waals surface area contributed by atoms with E-state index in [9.17, 15) is 0 Å². The van der Waals surface area contributed by atoms with Gasteiger partial charge in [0.15, 0.2) is 12.5 Å². The molecule has 5 rings (SSSR count). The minimum absolute atomic E-state index is 0.473. The molecular formula is C12H13N5. The van der Waals surface area contributed by atoms with E-state index < -0.39 is 0 Å². The van der Waals surface area contributed by atoms with Crippen molar-refractivity contribution in [1.29, 1.82) is 0 Å². The number of aliphatic imine (C=N–C) groups is 1. The molecule has 0 amide bonds. The van der Waals surface area contributed by atoms with Gasteiger partial charge in [-0.25, -0.2) is 4.99 Å². The van der Waals surface area contributed by atoms with Crippen LogP contribution in [0.2, 0.25) is 0 Å². The Bertz CT molecular complexity index is 565. The second-order valence-electron chi connectivity index (χ2n) is 5.64. The van der Waals surface area contributed by atoms with Gasteiger partial charge in [0.1, 0.15) is 5.69 Å². The van der Waals surface area contributed by atoms with E-state index in [0.29, 0.717) is 6.67 Å². The van der Waals surface area contributed by atoms with Crippen molar-refractivity contribution in [3.63, 3.8) is 0 Å². The third-order valence-corrected chi connectivity index (χ3v) is 4.72. The Balaban J connectivity index is 1.54. The topological polar surface area (TPSA) is 65.8 Å². The van der Waals surface area contributed by atoms with Crippen molar-refractivity contribution < 1.29 is 0 Å². The molecule has 1 aliphatic heterocycles. The number of hydrogen-bond donors (Lipinski definition) is 1. The summed E-state index contributed by atoms with van der Waals surface area (Å²) < 4.78 is 0. The molecule has 86 valence electrons. The Hall–Kier alpha value is -1.52. The number of H-pyrrole nitrogens is 1. The molecule has 0 radical (unpaired) electrons. The van der Waals surface area contributed by atoms with Gasteiger partial charge in [-0.1, -0.05) is 0 Å². The van der Waals surface area contributed by atoms with Crippen LogP contribution >= 0.6 is 0 Å². The zero-order valence-corrected chi connectivity index (χ0v) is 9.43. The maximum absolute atomic E-state index is 4.52. The van der Waals surface area contributed by atoms with Gasteiger partial charge in [-0.05, 0) is 37.0 Å². The quantitative estimate of drug-likeness (QED) is 0.823. The van der Waals surface area contributed by atoms with E-state index in [1.165, 1.54) is 30.5 Å². The molecule has 5 heteroatoms. The highest BCUT2D eigenvalue weighted by molar-refractivity contribution is 5.99. The van der Waals surface area contributed by atoms with E-state index in [0.717, 1.165) is 35.2 Å². The lowest BCUT2D eigenvalue weighted by atomic mass is 10.0. The first-order valence-corrected chi connectivity index (χ1v) is 6.43. The van der Waals surface area contributed by atoms with Gasteiger partial charge in [-0.3, -0.25) is 5.10 Å². The fraction of sp³-hybridized carbons (Fsp3) is 0.667. The molecule has 3 aliphatic carbocycles. The molecule has 2 heterocycles. The standard InChI is InChI=1S/C12H13N5/c1-2-5(1)8-6-3-7-10(9(6)8)15-16-11(7)12-13-4-14-17-12/h5-6,8-9H,1-4H2,(H,15,16). The predicted molar refractivity (Wildman–Crippen MR) is 61.0 cm³/mol. The van der Waals surface area contributed by atoms with E-state index in [2.05, 4.69) is 25.4 Å². The second-order valence-corrected chi connectivity index (χ2v) is 5.64. The van der Waals surface area contributed by atoms with Gasteiger partial charge in [-0.15, -0.1) is 5.11 Å². The second kappa shape index (κ2) is 2.66. The molecule has 2 fully saturated rings. The van der Waals surface area contributed by atoms with Crippen LogP contribution < -0.4 is 0 Å². The molecule has 0 spiro atoms. The average molecular weight is 227 g/mol. The van der Waals surface area contributed by atoms with Crippen molar-refractivity contribution in [2.45, 2.75) is 25.2 Å². The molecule has 1 N–H and O–H groups in total. The van der Waals surface area contributed by atoms with Gasteiger partial charge >= 0.3 is 0 Å². The van der Waals surface area contributed by atoms with Crippen LogP contribution in [0.5, 0.6) is 0 Å². The minimum atomic E-state index is 0.473. The van der Waals surface area contributed by atoms with Crippen LogP contribution in [0, 0.1) is 17.8 Å². The Kier molecular flexibility index (Phi) is 1.34.